The lowest BCUT2D eigenvalue weighted by molar-refractivity contribution is -0.150. The predicted octanol–water partition coefficient (Wildman–Crippen LogP) is -0.0538. The second-order valence-corrected chi connectivity index (χ2v) is 6.55. The molecule has 0 aliphatic rings. The number of hydrogen-bond donors (Lipinski definition) is 3. The summed E-state index contributed by atoms with van der Waals surface area (Å²) in [6.45, 7) is 6.34. The summed E-state index contributed by atoms with van der Waals surface area (Å²) in [5.74, 6) is -1.08. The number of carboxylic acids is 1. The number of carbonyl (C=O) groups is 1. The molecule has 0 aliphatic carbocycles. The zero-order valence-electron chi connectivity index (χ0n) is 11.4. The van der Waals surface area contributed by atoms with E-state index in [4.69, 9.17) is 9.84 Å². The van der Waals surface area contributed by atoms with Gasteiger partial charge in [-0.2, -0.15) is 17.9 Å². The average molecular weight is 282 g/mol. The molecule has 0 saturated carbocycles. The van der Waals surface area contributed by atoms with Gasteiger partial charge in [-0.1, -0.05) is 0 Å². The Balaban J connectivity index is 4.81. The van der Waals surface area contributed by atoms with Crippen LogP contribution in [-0.4, -0.2) is 45.3 Å². The van der Waals surface area contributed by atoms with Gasteiger partial charge in [0.15, 0.2) is 0 Å². The molecule has 0 rings (SSSR count). The first kappa shape index (κ1) is 17.3. The van der Waals surface area contributed by atoms with Gasteiger partial charge in [-0.25, -0.2) is 0 Å². The second-order valence-electron chi connectivity index (χ2n) is 5.05. The van der Waals surface area contributed by atoms with Crippen LogP contribution in [0.4, 0.5) is 0 Å². The van der Waals surface area contributed by atoms with Crippen LogP contribution in [0.15, 0.2) is 0 Å². The van der Waals surface area contributed by atoms with Gasteiger partial charge in [-0.3, -0.25) is 4.79 Å². The number of nitrogens with one attached hydrogen (secondary N) is 2. The molecule has 3 N–H and O–H groups in total. The molecule has 0 amide bonds. The molecule has 8 heteroatoms. The quantitative estimate of drug-likeness (QED) is 0.541. The van der Waals surface area contributed by atoms with Crippen molar-refractivity contribution in [3.8, 4) is 0 Å². The SMILES string of the molecule is COCCNS(=O)(=O)NC(C)(C)C(C)(C)C(=O)O. The molecule has 0 aromatic carbocycles. The van der Waals surface area contributed by atoms with Crippen molar-refractivity contribution in [3.05, 3.63) is 0 Å². The maximum Gasteiger partial charge on any atom is 0.310 e. The third kappa shape index (κ3) is 4.52. The van der Waals surface area contributed by atoms with Crippen LogP contribution in [0, 0.1) is 5.41 Å². The molecule has 0 aromatic rings. The van der Waals surface area contributed by atoms with Crippen LogP contribution in [0.2, 0.25) is 0 Å². The first-order valence-corrected chi connectivity index (χ1v) is 6.95. The normalized spacial score (nSPS) is 13.6. The minimum Gasteiger partial charge on any atom is -0.481 e. The lowest BCUT2D eigenvalue weighted by atomic mass is 9.75. The molecule has 0 atom stereocenters. The summed E-state index contributed by atoms with van der Waals surface area (Å²) < 4.78 is 32.8. The molecule has 0 bridgehead atoms. The Bertz CT molecular complexity index is 389. The summed E-state index contributed by atoms with van der Waals surface area (Å²) >= 11 is 0. The van der Waals surface area contributed by atoms with E-state index >= 15 is 0 Å². The van der Waals surface area contributed by atoms with Crippen LogP contribution in [-0.2, 0) is 19.7 Å². The molecule has 0 unspecified atom stereocenters. The predicted molar refractivity (Wildman–Crippen MR) is 67.4 cm³/mol. The maximum absolute atomic E-state index is 11.7. The van der Waals surface area contributed by atoms with Crippen molar-refractivity contribution >= 4 is 16.2 Å². The van der Waals surface area contributed by atoms with Crippen LogP contribution in [0.3, 0.4) is 0 Å². The highest BCUT2D eigenvalue weighted by atomic mass is 32.2. The zero-order valence-corrected chi connectivity index (χ0v) is 12.2. The van der Waals surface area contributed by atoms with Crippen LogP contribution in [0.1, 0.15) is 27.7 Å². The third-order valence-corrected chi connectivity index (χ3v) is 4.45. The molecule has 0 aliphatic heterocycles. The summed E-state index contributed by atoms with van der Waals surface area (Å²) in [7, 11) is -2.31. The van der Waals surface area contributed by atoms with Crippen LogP contribution < -0.4 is 9.44 Å². The van der Waals surface area contributed by atoms with Crippen molar-refractivity contribution < 1.29 is 23.1 Å². The van der Waals surface area contributed by atoms with E-state index in [9.17, 15) is 13.2 Å². The first-order valence-electron chi connectivity index (χ1n) is 5.47. The molecule has 0 aromatic heterocycles. The highest BCUT2D eigenvalue weighted by Crippen LogP contribution is 2.31. The van der Waals surface area contributed by atoms with Crippen molar-refractivity contribution in [2.75, 3.05) is 20.3 Å². The summed E-state index contributed by atoms with van der Waals surface area (Å²) in [5.41, 5.74) is -2.39. The molecule has 7 nitrogen and oxygen atoms in total. The van der Waals surface area contributed by atoms with E-state index in [1.54, 1.807) is 0 Å². The standard InChI is InChI=1S/C10H22N2O5S/c1-9(2,8(13)14)10(3,4)12-18(15,16)11-6-7-17-5/h11-12H,6-7H2,1-5H3,(H,13,14). The van der Waals surface area contributed by atoms with Crippen molar-refractivity contribution in [3.63, 3.8) is 0 Å². The number of hydrogen-bond acceptors (Lipinski definition) is 4. The fraction of sp³-hybridized carbons (Fsp3) is 0.900. The first-order chi connectivity index (χ1) is 7.96. The van der Waals surface area contributed by atoms with E-state index < -0.39 is 27.1 Å². The van der Waals surface area contributed by atoms with Crippen LogP contribution in [0.25, 0.3) is 0 Å². The fourth-order valence-corrected chi connectivity index (χ4v) is 2.40. The summed E-state index contributed by atoms with van der Waals surface area (Å²) in [6.07, 6.45) is 0. The second kappa shape index (κ2) is 5.96. The minimum atomic E-state index is -3.77. The molecule has 0 heterocycles. The highest BCUT2D eigenvalue weighted by molar-refractivity contribution is 7.87. The largest absolute Gasteiger partial charge is 0.481 e. The lowest BCUT2D eigenvalue weighted by Gasteiger charge is -2.38. The lowest BCUT2D eigenvalue weighted by Crippen LogP contribution is -2.59. The van der Waals surface area contributed by atoms with Crippen molar-refractivity contribution in [2.24, 2.45) is 5.41 Å². The van der Waals surface area contributed by atoms with Gasteiger partial charge in [0, 0.05) is 19.2 Å². The highest BCUT2D eigenvalue weighted by Gasteiger charge is 2.45. The smallest absolute Gasteiger partial charge is 0.310 e. The molecule has 0 radical (unpaired) electrons. The maximum atomic E-state index is 11.7. The number of ether oxygens (including phenoxy) is 1. The monoisotopic (exact) mass is 282 g/mol. The van der Waals surface area contributed by atoms with E-state index in [-0.39, 0.29) is 13.2 Å². The Morgan fingerprint density at radius 2 is 1.78 bits per heavy atom. The van der Waals surface area contributed by atoms with Gasteiger partial charge in [0.25, 0.3) is 10.2 Å². The molecular weight excluding hydrogens is 260 g/mol. The van der Waals surface area contributed by atoms with Crippen molar-refractivity contribution in [1.82, 2.24) is 9.44 Å². The Labute approximate surface area is 108 Å². The Morgan fingerprint density at radius 1 is 1.28 bits per heavy atom. The van der Waals surface area contributed by atoms with E-state index in [2.05, 4.69) is 9.44 Å². The number of rotatable bonds is 8. The molecule has 0 spiro atoms. The molecule has 0 saturated heterocycles. The molecule has 18 heavy (non-hydrogen) atoms. The van der Waals surface area contributed by atoms with E-state index in [1.165, 1.54) is 34.8 Å². The van der Waals surface area contributed by atoms with Gasteiger partial charge in [0.05, 0.1) is 12.0 Å². The molecule has 108 valence electrons. The fourth-order valence-electron chi connectivity index (χ4n) is 1.04. The summed E-state index contributed by atoms with van der Waals surface area (Å²) in [4.78, 5) is 11.1. The summed E-state index contributed by atoms with van der Waals surface area (Å²) in [6, 6.07) is 0. The van der Waals surface area contributed by atoms with Crippen LogP contribution in [0.5, 0.6) is 0 Å². The molecule has 0 fully saturated rings. The molecular formula is C10H22N2O5S. The third-order valence-electron chi connectivity index (χ3n) is 3.08. The Kier molecular flexibility index (Phi) is 5.73. The Morgan fingerprint density at radius 3 is 2.17 bits per heavy atom. The van der Waals surface area contributed by atoms with Crippen molar-refractivity contribution in [2.45, 2.75) is 33.2 Å². The number of aliphatic carboxylic acids is 1. The number of methoxy groups -OCH3 is 1. The van der Waals surface area contributed by atoms with E-state index in [1.807, 2.05) is 0 Å². The topological polar surface area (TPSA) is 105 Å². The zero-order chi connectivity index (χ0) is 14.6. The van der Waals surface area contributed by atoms with Gasteiger partial charge in [0.2, 0.25) is 0 Å². The van der Waals surface area contributed by atoms with Crippen LogP contribution >= 0.6 is 0 Å². The number of carboxylic acid groups (broad SMARTS) is 1. The Hall–Kier alpha value is -0.700. The average Bonchev–Trinajstić information content (AvgIpc) is 2.15. The van der Waals surface area contributed by atoms with Gasteiger partial charge in [0.1, 0.15) is 0 Å². The van der Waals surface area contributed by atoms with Crippen molar-refractivity contribution in [1.29, 1.82) is 0 Å². The van der Waals surface area contributed by atoms with Gasteiger partial charge >= 0.3 is 5.97 Å². The summed E-state index contributed by atoms with van der Waals surface area (Å²) in [5, 5.41) is 9.11. The van der Waals surface area contributed by atoms with E-state index in [0.29, 0.717) is 0 Å². The van der Waals surface area contributed by atoms with Gasteiger partial charge in [-0.05, 0) is 27.7 Å². The van der Waals surface area contributed by atoms with Gasteiger partial charge < -0.3 is 9.84 Å². The van der Waals surface area contributed by atoms with Gasteiger partial charge in [-0.15, -0.1) is 0 Å². The minimum absolute atomic E-state index is 0.120. The van der Waals surface area contributed by atoms with E-state index in [0.717, 1.165) is 0 Å².